The minimum absolute atomic E-state index is 0.0310. The third kappa shape index (κ3) is 4.47. The van der Waals surface area contributed by atoms with Crippen molar-refractivity contribution in [1.29, 1.82) is 0 Å². The summed E-state index contributed by atoms with van der Waals surface area (Å²) in [5, 5.41) is 2.89. The van der Waals surface area contributed by atoms with Crippen molar-refractivity contribution in [2.75, 3.05) is 37.4 Å². The lowest BCUT2D eigenvalue weighted by Crippen LogP contribution is -2.45. The molecule has 2 N–H and O–H groups in total. The summed E-state index contributed by atoms with van der Waals surface area (Å²) in [7, 11) is 0.322. The number of nitrogens with one attached hydrogen (secondary N) is 2. The number of amides is 3. The van der Waals surface area contributed by atoms with Crippen LogP contribution in [0.25, 0.3) is 0 Å². The van der Waals surface area contributed by atoms with Gasteiger partial charge in [0.1, 0.15) is 0 Å². The van der Waals surface area contributed by atoms with E-state index in [9.17, 15) is 18.0 Å². The summed E-state index contributed by atoms with van der Waals surface area (Å²) in [6, 6.07) is 15.5. The van der Waals surface area contributed by atoms with Crippen LogP contribution in [0.15, 0.2) is 76.8 Å². The van der Waals surface area contributed by atoms with Gasteiger partial charge in [-0.15, -0.1) is 0 Å². The van der Waals surface area contributed by atoms with E-state index in [1.807, 2.05) is 30.3 Å². The lowest BCUT2D eigenvalue weighted by molar-refractivity contribution is -0.114. The van der Waals surface area contributed by atoms with Crippen LogP contribution >= 0.6 is 0 Å². The number of carbonyl (C=O) groups excluding carboxylic acids is 2. The molecular formula is C25H24N6O6S. The molecule has 0 saturated carbocycles. The van der Waals surface area contributed by atoms with E-state index in [0.717, 1.165) is 5.56 Å². The number of anilines is 2. The van der Waals surface area contributed by atoms with Gasteiger partial charge in [0.05, 0.1) is 43.0 Å². The molecule has 38 heavy (non-hydrogen) atoms. The van der Waals surface area contributed by atoms with Gasteiger partial charge >= 0.3 is 12.0 Å². The fraction of sp³-hybridized carbons (Fsp3) is 0.200. The zero-order chi connectivity index (χ0) is 27.0. The van der Waals surface area contributed by atoms with E-state index in [1.165, 1.54) is 42.2 Å². The molecule has 3 aromatic rings. The molecule has 2 aromatic carbocycles. The summed E-state index contributed by atoms with van der Waals surface area (Å²) in [5.74, 6) is -0.174. The van der Waals surface area contributed by atoms with Crippen LogP contribution in [-0.2, 0) is 14.8 Å². The van der Waals surface area contributed by atoms with Gasteiger partial charge in [-0.2, -0.15) is 9.97 Å². The van der Waals surface area contributed by atoms with E-state index in [0.29, 0.717) is 17.0 Å². The van der Waals surface area contributed by atoms with Crippen molar-refractivity contribution < 1.29 is 27.5 Å². The maximum absolute atomic E-state index is 13.5. The molecule has 1 atom stereocenters. The molecular weight excluding hydrogens is 512 g/mol. The van der Waals surface area contributed by atoms with Crippen molar-refractivity contribution in [2.24, 2.45) is 0 Å². The van der Waals surface area contributed by atoms with Crippen LogP contribution in [0, 0.1) is 0 Å². The van der Waals surface area contributed by atoms with Gasteiger partial charge in [-0.3, -0.25) is 14.4 Å². The fourth-order valence-electron chi connectivity index (χ4n) is 4.33. The number of likely N-dealkylation sites (N-methyl/N-ethyl adjacent to an activating group) is 1. The average molecular weight is 537 g/mol. The van der Waals surface area contributed by atoms with Gasteiger partial charge in [-0.25, -0.2) is 13.2 Å². The lowest BCUT2D eigenvalue weighted by Gasteiger charge is -2.31. The maximum Gasteiger partial charge on any atom is 0.322 e. The highest BCUT2D eigenvalue weighted by atomic mass is 32.2. The number of benzene rings is 2. The van der Waals surface area contributed by atoms with Gasteiger partial charge in [-0.1, -0.05) is 30.3 Å². The molecule has 196 valence electrons. The van der Waals surface area contributed by atoms with Crippen molar-refractivity contribution in [3.8, 4) is 11.9 Å². The molecule has 0 unspecified atom stereocenters. The molecule has 13 heteroatoms. The molecule has 0 fully saturated rings. The Labute approximate surface area is 218 Å². The Morgan fingerprint density at radius 1 is 1.00 bits per heavy atom. The third-order valence-corrected chi connectivity index (χ3v) is 7.64. The van der Waals surface area contributed by atoms with Crippen molar-refractivity contribution in [3.05, 3.63) is 77.5 Å². The Morgan fingerprint density at radius 2 is 1.71 bits per heavy atom. The lowest BCUT2D eigenvalue weighted by atomic mass is 9.96. The minimum atomic E-state index is -4.03. The monoisotopic (exact) mass is 536 g/mol. The Hall–Kier alpha value is -4.65. The van der Waals surface area contributed by atoms with E-state index < -0.39 is 16.1 Å². The zero-order valence-corrected chi connectivity index (χ0v) is 21.5. The summed E-state index contributed by atoms with van der Waals surface area (Å²) in [6.45, 7) is 0.173. The first-order valence-electron chi connectivity index (χ1n) is 11.5. The molecule has 0 bridgehead atoms. The van der Waals surface area contributed by atoms with Crippen LogP contribution in [0.4, 0.5) is 16.3 Å². The van der Waals surface area contributed by atoms with Crippen molar-refractivity contribution in [3.63, 3.8) is 0 Å². The molecule has 3 heterocycles. The van der Waals surface area contributed by atoms with E-state index in [2.05, 4.69) is 20.0 Å². The van der Waals surface area contributed by atoms with E-state index in [1.54, 1.807) is 19.2 Å². The number of sulfonamides is 1. The van der Waals surface area contributed by atoms with Crippen molar-refractivity contribution in [1.82, 2.24) is 20.2 Å². The first kappa shape index (κ1) is 25.0. The first-order valence-corrected chi connectivity index (χ1v) is 12.9. The predicted octanol–water partition coefficient (Wildman–Crippen LogP) is 2.29. The quantitative estimate of drug-likeness (QED) is 0.468. The number of urea groups is 1. The van der Waals surface area contributed by atoms with Gasteiger partial charge in [0, 0.05) is 18.8 Å². The number of methoxy groups -OCH3 is 2. The molecule has 12 nitrogen and oxygen atoms in total. The molecule has 3 amide bonds. The summed E-state index contributed by atoms with van der Waals surface area (Å²) in [4.78, 5) is 37.0. The minimum Gasteiger partial charge on any atom is -0.481 e. The van der Waals surface area contributed by atoms with Gasteiger partial charge in [0.25, 0.3) is 15.9 Å². The Morgan fingerprint density at radius 3 is 2.37 bits per heavy atom. The highest BCUT2D eigenvalue weighted by molar-refractivity contribution is 7.92. The summed E-state index contributed by atoms with van der Waals surface area (Å²) in [6.07, 6.45) is 0. The third-order valence-electron chi connectivity index (χ3n) is 6.26. The molecule has 2 aliphatic heterocycles. The summed E-state index contributed by atoms with van der Waals surface area (Å²) >= 11 is 0. The number of hydrogen-bond donors (Lipinski definition) is 2. The maximum atomic E-state index is 13.5. The molecule has 2 aliphatic rings. The molecule has 0 aliphatic carbocycles. The average Bonchev–Trinajstić information content (AvgIpc) is 3.28. The Kier molecular flexibility index (Phi) is 6.36. The van der Waals surface area contributed by atoms with Gasteiger partial charge in [0.15, 0.2) is 5.82 Å². The molecule has 1 aromatic heterocycles. The second-order valence-corrected chi connectivity index (χ2v) is 10.2. The van der Waals surface area contributed by atoms with Crippen molar-refractivity contribution >= 4 is 33.5 Å². The second kappa shape index (κ2) is 9.67. The van der Waals surface area contributed by atoms with Crippen LogP contribution in [0.3, 0.4) is 0 Å². The summed E-state index contributed by atoms with van der Waals surface area (Å²) in [5.41, 5.74) is 2.35. The number of aromatic nitrogens is 2. The van der Waals surface area contributed by atoms with Crippen molar-refractivity contribution in [2.45, 2.75) is 10.9 Å². The van der Waals surface area contributed by atoms with E-state index in [-0.39, 0.29) is 41.1 Å². The highest BCUT2D eigenvalue weighted by Gasteiger charge is 2.43. The van der Waals surface area contributed by atoms with Gasteiger partial charge in [0.2, 0.25) is 5.88 Å². The topological polar surface area (TPSA) is 143 Å². The molecule has 0 spiro atoms. The number of rotatable bonds is 7. The van der Waals surface area contributed by atoms with E-state index in [4.69, 9.17) is 9.47 Å². The Bertz CT molecular complexity index is 1520. The second-order valence-electron chi connectivity index (χ2n) is 8.49. The van der Waals surface area contributed by atoms with Gasteiger partial charge < -0.3 is 19.7 Å². The number of hydrogen-bond acceptors (Lipinski definition) is 8. The van der Waals surface area contributed by atoms with Crippen LogP contribution in [-0.4, -0.2) is 63.0 Å². The van der Waals surface area contributed by atoms with Crippen LogP contribution < -0.4 is 24.4 Å². The van der Waals surface area contributed by atoms with E-state index >= 15 is 0 Å². The normalized spacial score (nSPS) is 17.3. The molecule has 5 rings (SSSR count). The van der Waals surface area contributed by atoms with Crippen LogP contribution in [0.5, 0.6) is 11.9 Å². The number of ether oxygens (including phenoxy) is 2. The standard InChI is InChI=1S/C25H24N6O6S/c1-30-18-14-31(23(32)21(18)22(28-25(30)33)15-7-5-4-6-8-15)16-9-11-17(12-10-16)38(34,35)29-19-13-20(36-2)27-24(26-19)37-3/h4-13,22H,14H2,1-3H3,(H,28,33)(H,26,27,29)/t22-/m1/s1. The predicted molar refractivity (Wildman–Crippen MR) is 137 cm³/mol. The smallest absolute Gasteiger partial charge is 0.322 e. The largest absolute Gasteiger partial charge is 0.481 e. The van der Waals surface area contributed by atoms with Gasteiger partial charge in [-0.05, 0) is 29.8 Å². The van der Waals surface area contributed by atoms with Crippen LogP contribution in [0.2, 0.25) is 0 Å². The first-order chi connectivity index (χ1) is 18.2. The molecule has 0 saturated heterocycles. The zero-order valence-electron chi connectivity index (χ0n) is 20.7. The number of nitrogens with zero attached hydrogens (tertiary/aromatic N) is 4. The Balaban J connectivity index is 1.39. The number of carbonyl (C=O) groups is 2. The molecule has 0 radical (unpaired) electrons. The SMILES string of the molecule is COc1cc(NS(=O)(=O)c2ccc(N3CC4=C(C3=O)[C@@H](c3ccccc3)NC(=O)N4C)cc2)nc(OC)n1. The summed E-state index contributed by atoms with van der Waals surface area (Å²) < 4.78 is 38.4. The fourth-order valence-corrected chi connectivity index (χ4v) is 5.32. The highest BCUT2D eigenvalue weighted by Crippen LogP contribution is 2.37. The van der Waals surface area contributed by atoms with Crippen LogP contribution in [0.1, 0.15) is 11.6 Å².